The predicted octanol–water partition coefficient (Wildman–Crippen LogP) is 3.13. The summed E-state index contributed by atoms with van der Waals surface area (Å²) >= 11 is 1.19. The predicted molar refractivity (Wildman–Crippen MR) is 129 cm³/mol. The van der Waals surface area contributed by atoms with Crippen molar-refractivity contribution in [3.8, 4) is 6.07 Å². The third-order valence-electron chi connectivity index (χ3n) is 5.19. The molecule has 0 radical (unpaired) electrons. The van der Waals surface area contributed by atoms with Crippen molar-refractivity contribution >= 4 is 44.7 Å². The second kappa shape index (κ2) is 10.3. The molecule has 33 heavy (non-hydrogen) atoms. The van der Waals surface area contributed by atoms with E-state index in [2.05, 4.69) is 10.6 Å². The van der Waals surface area contributed by atoms with Gasteiger partial charge in [-0.15, -0.1) is 11.3 Å². The van der Waals surface area contributed by atoms with Crippen molar-refractivity contribution in [1.82, 2.24) is 9.13 Å². The first-order valence-electron chi connectivity index (χ1n) is 10.6. The average molecular weight is 468 g/mol. The quantitative estimate of drug-likeness (QED) is 0.526. The number of hydrogen-bond acceptors (Lipinski definition) is 6. The smallest absolute Gasteiger partial charge is 0.326 e. The van der Waals surface area contributed by atoms with Gasteiger partial charge in [0.15, 0.2) is 0 Å². The van der Waals surface area contributed by atoms with E-state index in [4.69, 9.17) is 5.26 Å². The number of aryl methyl sites for hydroxylation is 1. The highest BCUT2D eigenvalue weighted by atomic mass is 32.1. The number of amides is 2. The fraction of sp³-hybridized carbons (Fsp3) is 0.348. The average Bonchev–Trinajstić information content (AvgIpc) is 3.21. The Hall–Kier alpha value is -3.71. The van der Waals surface area contributed by atoms with Crippen LogP contribution in [0.25, 0.3) is 10.9 Å². The Balaban J connectivity index is 1.67. The number of nitriles is 1. The third-order valence-corrected chi connectivity index (χ3v) is 6.09. The zero-order chi connectivity index (χ0) is 24.1. The molecule has 172 valence electrons. The van der Waals surface area contributed by atoms with Gasteiger partial charge in [0.05, 0.1) is 15.9 Å². The zero-order valence-corrected chi connectivity index (χ0v) is 19.5. The van der Waals surface area contributed by atoms with Crippen molar-refractivity contribution < 1.29 is 9.59 Å². The number of aromatic nitrogens is 2. The molecular weight excluding hydrogens is 442 g/mol. The van der Waals surface area contributed by atoms with Crippen molar-refractivity contribution in [3.05, 3.63) is 56.0 Å². The molecule has 10 heteroatoms. The van der Waals surface area contributed by atoms with E-state index < -0.39 is 5.56 Å². The molecule has 2 amide bonds. The minimum Gasteiger partial charge on any atom is -0.326 e. The number of hydrogen-bond donors (Lipinski definition) is 2. The Kier molecular flexibility index (Phi) is 7.45. The van der Waals surface area contributed by atoms with Gasteiger partial charge in [-0.1, -0.05) is 6.92 Å². The Labute approximate surface area is 194 Å². The second-order valence-electron chi connectivity index (χ2n) is 7.69. The summed E-state index contributed by atoms with van der Waals surface area (Å²) in [6, 6.07) is 10.2. The number of anilines is 2. The van der Waals surface area contributed by atoms with E-state index >= 15 is 0 Å². The summed E-state index contributed by atoms with van der Waals surface area (Å²) in [5, 5.41) is 15.3. The van der Waals surface area contributed by atoms with E-state index in [1.54, 1.807) is 44.2 Å². The number of thiophene rings is 1. The summed E-state index contributed by atoms with van der Waals surface area (Å²) in [6.45, 7) is 6.05. The van der Waals surface area contributed by atoms with Crippen molar-refractivity contribution in [2.24, 2.45) is 5.92 Å². The van der Waals surface area contributed by atoms with E-state index in [0.717, 1.165) is 0 Å². The summed E-state index contributed by atoms with van der Waals surface area (Å²) in [5.74, 6) is -0.731. The fourth-order valence-electron chi connectivity index (χ4n) is 3.66. The van der Waals surface area contributed by atoms with Crippen LogP contribution in [0, 0.1) is 17.2 Å². The molecule has 2 heterocycles. The Morgan fingerprint density at radius 3 is 2.30 bits per heavy atom. The van der Waals surface area contributed by atoms with Crippen molar-refractivity contribution in [2.45, 2.75) is 46.7 Å². The highest BCUT2D eigenvalue weighted by Gasteiger charge is 2.16. The molecule has 0 aliphatic rings. The number of carbonyl (C=O) groups is 2. The second-order valence-corrected chi connectivity index (χ2v) is 8.78. The summed E-state index contributed by atoms with van der Waals surface area (Å²) < 4.78 is 2.70. The van der Waals surface area contributed by atoms with Crippen LogP contribution < -0.4 is 21.9 Å². The lowest BCUT2D eigenvalue weighted by atomic mass is 10.0. The minimum absolute atomic E-state index is 0.118. The van der Waals surface area contributed by atoms with Crippen LogP contribution in [0.15, 0.2) is 39.9 Å². The molecule has 0 aliphatic heterocycles. The lowest BCUT2D eigenvalue weighted by Gasteiger charge is -2.14. The molecule has 0 spiro atoms. The van der Waals surface area contributed by atoms with Crippen molar-refractivity contribution in [3.63, 3.8) is 0 Å². The van der Waals surface area contributed by atoms with Crippen molar-refractivity contribution in [2.75, 3.05) is 10.6 Å². The molecule has 9 nitrogen and oxygen atoms in total. The SMILES string of the molecule is CCn1c(=O)c2cc(NC(=O)CC(C)CC(=O)Nc3ccc(C#N)s3)ccc2n(CC)c1=O. The molecule has 3 aromatic rings. The maximum absolute atomic E-state index is 12.7. The summed E-state index contributed by atoms with van der Waals surface area (Å²) in [4.78, 5) is 50.4. The molecule has 2 N–H and O–H groups in total. The first-order valence-corrected chi connectivity index (χ1v) is 11.5. The third kappa shape index (κ3) is 5.38. The van der Waals surface area contributed by atoms with Gasteiger partial charge in [-0.25, -0.2) is 4.79 Å². The topological polar surface area (TPSA) is 126 Å². The number of nitrogens with one attached hydrogen (secondary N) is 2. The molecule has 2 aromatic heterocycles. The number of benzene rings is 1. The Morgan fingerprint density at radius 1 is 1.03 bits per heavy atom. The number of nitrogens with zero attached hydrogens (tertiary/aromatic N) is 3. The Bertz CT molecular complexity index is 1360. The van der Waals surface area contributed by atoms with E-state index in [1.807, 2.05) is 13.0 Å². The highest BCUT2D eigenvalue weighted by molar-refractivity contribution is 7.16. The van der Waals surface area contributed by atoms with Crippen LogP contribution in [-0.4, -0.2) is 20.9 Å². The van der Waals surface area contributed by atoms with Crippen molar-refractivity contribution in [1.29, 1.82) is 5.26 Å². The standard InChI is InChI=1S/C23H25N5O4S/c1-4-27-18-8-6-15(12-17(18)22(31)28(5-2)23(27)32)25-19(29)10-14(3)11-20(30)26-21-9-7-16(13-24)33-21/h6-9,12,14H,4-5,10-11H2,1-3H3,(H,25,29)(H,26,30). The molecule has 1 atom stereocenters. The molecule has 1 unspecified atom stereocenters. The van der Waals surface area contributed by atoms with Gasteiger partial charge in [-0.05, 0) is 50.1 Å². The van der Waals surface area contributed by atoms with Crippen LogP contribution >= 0.6 is 11.3 Å². The Morgan fingerprint density at radius 2 is 1.70 bits per heavy atom. The summed E-state index contributed by atoms with van der Waals surface area (Å²) in [5.41, 5.74) is 0.227. The zero-order valence-electron chi connectivity index (χ0n) is 18.7. The van der Waals surface area contributed by atoms with Crippen LogP contribution in [0.2, 0.25) is 0 Å². The van der Waals surface area contributed by atoms with E-state index in [-0.39, 0.29) is 42.8 Å². The van der Waals surface area contributed by atoms with Gasteiger partial charge in [-0.2, -0.15) is 5.26 Å². The van der Waals surface area contributed by atoms with Crippen LogP contribution in [0.5, 0.6) is 0 Å². The number of carbonyl (C=O) groups excluding carboxylic acids is 2. The van der Waals surface area contributed by atoms with E-state index in [1.165, 1.54) is 20.5 Å². The monoisotopic (exact) mass is 467 g/mol. The lowest BCUT2D eigenvalue weighted by Crippen LogP contribution is -2.39. The van der Waals surface area contributed by atoms with Gasteiger partial charge in [0.2, 0.25) is 11.8 Å². The molecule has 3 rings (SSSR count). The minimum atomic E-state index is -0.392. The van der Waals surface area contributed by atoms with Gasteiger partial charge in [-0.3, -0.25) is 23.5 Å². The normalized spacial score (nSPS) is 11.7. The van der Waals surface area contributed by atoms with Gasteiger partial charge in [0.25, 0.3) is 5.56 Å². The van der Waals surface area contributed by atoms with Gasteiger partial charge in [0.1, 0.15) is 10.9 Å². The van der Waals surface area contributed by atoms with Gasteiger partial charge in [0, 0.05) is 31.6 Å². The fourth-order valence-corrected chi connectivity index (χ4v) is 4.38. The lowest BCUT2D eigenvalue weighted by molar-refractivity contribution is -0.118. The first-order chi connectivity index (χ1) is 15.8. The summed E-state index contributed by atoms with van der Waals surface area (Å²) in [6.07, 6.45) is 0.266. The molecule has 1 aromatic carbocycles. The molecule has 0 aliphatic carbocycles. The molecule has 0 fully saturated rings. The molecule has 0 saturated carbocycles. The maximum Gasteiger partial charge on any atom is 0.331 e. The summed E-state index contributed by atoms with van der Waals surface area (Å²) in [7, 11) is 0. The highest BCUT2D eigenvalue weighted by Crippen LogP contribution is 2.22. The van der Waals surface area contributed by atoms with Crippen LogP contribution in [0.1, 0.15) is 38.5 Å². The molecular formula is C23H25N5O4S. The molecule has 0 saturated heterocycles. The van der Waals surface area contributed by atoms with Gasteiger partial charge < -0.3 is 10.6 Å². The largest absolute Gasteiger partial charge is 0.331 e. The number of fused-ring (bicyclic) bond motifs is 1. The van der Waals surface area contributed by atoms with E-state index in [9.17, 15) is 19.2 Å². The van der Waals surface area contributed by atoms with Crippen LogP contribution in [0.3, 0.4) is 0 Å². The number of rotatable bonds is 8. The van der Waals surface area contributed by atoms with Crippen LogP contribution in [-0.2, 0) is 22.7 Å². The first kappa shape index (κ1) is 23.9. The van der Waals surface area contributed by atoms with Gasteiger partial charge >= 0.3 is 5.69 Å². The van der Waals surface area contributed by atoms with E-state index in [0.29, 0.717) is 33.0 Å². The van der Waals surface area contributed by atoms with Crippen LogP contribution in [0.4, 0.5) is 10.7 Å². The maximum atomic E-state index is 12.7. The molecule has 0 bridgehead atoms.